The van der Waals surface area contributed by atoms with E-state index in [9.17, 15) is 4.79 Å². The van der Waals surface area contributed by atoms with Crippen LogP contribution < -0.4 is 5.32 Å². The standard InChI is InChI=1S/C12H23N3OS/c1-6-15(5)11(16)10(4)14-12-13-9(3)8(2)7-17-12/h8-10H,6-7H2,1-5H3,(H,13,14). The van der Waals surface area contributed by atoms with E-state index in [1.807, 2.05) is 20.9 Å². The minimum Gasteiger partial charge on any atom is -0.353 e. The third-order valence-corrected chi connectivity index (χ3v) is 4.38. The number of rotatable bonds is 3. The summed E-state index contributed by atoms with van der Waals surface area (Å²) in [5.74, 6) is 1.79. The number of carbonyl (C=O) groups is 1. The maximum Gasteiger partial charge on any atom is 0.244 e. The molecular formula is C12H23N3OS. The summed E-state index contributed by atoms with van der Waals surface area (Å²) in [5.41, 5.74) is 0. The average Bonchev–Trinajstić information content (AvgIpc) is 2.31. The number of amidine groups is 1. The van der Waals surface area contributed by atoms with Gasteiger partial charge in [0, 0.05) is 19.3 Å². The molecule has 0 aromatic heterocycles. The topological polar surface area (TPSA) is 44.7 Å². The van der Waals surface area contributed by atoms with Crippen molar-refractivity contribution < 1.29 is 4.79 Å². The number of hydrogen-bond donors (Lipinski definition) is 1. The van der Waals surface area contributed by atoms with Gasteiger partial charge in [0.2, 0.25) is 5.91 Å². The highest BCUT2D eigenvalue weighted by molar-refractivity contribution is 8.13. The van der Waals surface area contributed by atoms with Crippen LogP contribution >= 0.6 is 11.8 Å². The van der Waals surface area contributed by atoms with E-state index in [1.165, 1.54) is 0 Å². The summed E-state index contributed by atoms with van der Waals surface area (Å²) in [6.07, 6.45) is 0. The minimum absolute atomic E-state index is 0.113. The highest BCUT2D eigenvalue weighted by Crippen LogP contribution is 2.21. The lowest BCUT2D eigenvalue weighted by Crippen LogP contribution is -2.46. The van der Waals surface area contributed by atoms with Gasteiger partial charge in [-0.05, 0) is 26.7 Å². The van der Waals surface area contributed by atoms with E-state index >= 15 is 0 Å². The minimum atomic E-state index is -0.202. The Kier molecular flexibility index (Phi) is 5.31. The average molecular weight is 257 g/mol. The molecule has 0 bridgehead atoms. The van der Waals surface area contributed by atoms with Crippen molar-refractivity contribution in [1.29, 1.82) is 0 Å². The summed E-state index contributed by atoms with van der Waals surface area (Å²) in [7, 11) is 1.82. The van der Waals surface area contributed by atoms with Gasteiger partial charge in [-0.3, -0.25) is 9.79 Å². The van der Waals surface area contributed by atoms with Gasteiger partial charge in [-0.15, -0.1) is 0 Å². The molecule has 3 atom stereocenters. The first kappa shape index (κ1) is 14.4. The van der Waals surface area contributed by atoms with Crippen molar-refractivity contribution in [1.82, 2.24) is 10.2 Å². The predicted octanol–water partition coefficient (Wildman–Crippen LogP) is 1.57. The van der Waals surface area contributed by atoms with Crippen molar-refractivity contribution in [2.45, 2.75) is 39.8 Å². The van der Waals surface area contributed by atoms with Crippen molar-refractivity contribution in [2.24, 2.45) is 10.9 Å². The van der Waals surface area contributed by atoms with Gasteiger partial charge in [-0.1, -0.05) is 18.7 Å². The quantitative estimate of drug-likeness (QED) is 0.834. The van der Waals surface area contributed by atoms with E-state index in [0.717, 1.165) is 17.5 Å². The fourth-order valence-electron chi connectivity index (χ4n) is 1.51. The van der Waals surface area contributed by atoms with E-state index in [0.29, 0.717) is 12.0 Å². The number of hydrogen-bond acceptors (Lipinski definition) is 4. The second-order valence-electron chi connectivity index (χ2n) is 4.68. The van der Waals surface area contributed by atoms with Crippen molar-refractivity contribution >= 4 is 22.8 Å². The van der Waals surface area contributed by atoms with Crippen LogP contribution in [0.1, 0.15) is 27.7 Å². The van der Waals surface area contributed by atoms with Gasteiger partial charge in [-0.2, -0.15) is 0 Å². The number of likely N-dealkylation sites (N-methyl/N-ethyl adjacent to an activating group) is 1. The molecule has 1 rings (SSSR count). The first-order valence-electron chi connectivity index (χ1n) is 6.17. The van der Waals surface area contributed by atoms with Crippen LogP contribution in [0, 0.1) is 5.92 Å². The second-order valence-corrected chi connectivity index (χ2v) is 5.69. The molecule has 1 N–H and O–H groups in total. The molecule has 1 aliphatic rings. The third kappa shape index (κ3) is 3.91. The van der Waals surface area contributed by atoms with Gasteiger partial charge in [0.15, 0.2) is 5.17 Å². The Morgan fingerprint density at radius 1 is 1.65 bits per heavy atom. The molecule has 0 aromatic carbocycles. The molecule has 1 heterocycles. The van der Waals surface area contributed by atoms with Crippen LogP contribution in [0.5, 0.6) is 0 Å². The van der Waals surface area contributed by atoms with Crippen LogP contribution in [0.3, 0.4) is 0 Å². The Morgan fingerprint density at radius 3 is 2.82 bits per heavy atom. The van der Waals surface area contributed by atoms with E-state index in [2.05, 4.69) is 24.2 Å². The molecule has 1 aliphatic heterocycles. The van der Waals surface area contributed by atoms with Gasteiger partial charge in [0.25, 0.3) is 0 Å². The van der Waals surface area contributed by atoms with Crippen molar-refractivity contribution in [3.05, 3.63) is 0 Å². The normalized spacial score (nSPS) is 26.1. The van der Waals surface area contributed by atoms with Gasteiger partial charge in [-0.25, -0.2) is 0 Å². The number of nitrogens with zero attached hydrogens (tertiary/aromatic N) is 2. The lowest BCUT2D eigenvalue weighted by Gasteiger charge is -2.27. The number of carbonyl (C=O) groups excluding carboxylic acids is 1. The van der Waals surface area contributed by atoms with E-state index in [-0.39, 0.29) is 11.9 Å². The first-order valence-corrected chi connectivity index (χ1v) is 7.16. The molecule has 0 saturated heterocycles. The number of thioether (sulfide) groups is 1. The Labute approximate surface area is 108 Å². The Balaban J connectivity index is 2.54. The SMILES string of the molecule is CCN(C)C(=O)C(C)NC1=NC(C)C(C)CS1. The van der Waals surface area contributed by atoms with Crippen LogP contribution in [-0.4, -0.2) is 47.4 Å². The van der Waals surface area contributed by atoms with Crippen LogP contribution in [0.25, 0.3) is 0 Å². The number of nitrogens with one attached hydrogen (secondary N) is 1. The smallest absolute Gasteiger partial charge is 0.244 e. The summed E-state index contributed by atoms with van der Waals surface area (Å²) in [5, 5.41) is 4.11. The lowest BCUT2D eigenvalue weighted by molar-refractivity contribution is -0.131. The third-order valence-electron chi connectivity index (χ3n) is 3.19. The molecule has 0 radical (unpaired) electrons. The largest absolute Gasteiger partial charge is 0.353 e. The summed E-state index contributed by atoms with van der Waals surface area (Å²) in [4.78, 5) is 18.2. The molecule has 0 aliphatic carbocycles. The molecule has 0 saturated carbocycles. The lowest BCUT2D eigenvalue weighted by atomic mass is 10.1. The molecular weight excluding hydrogens is 234 g/mol. The predicted molar refractivity (Wildman–Crippen MR) is 74.4 cm³/mol. The summed E-state index contributed by atoms with van der Waals surface area (Å²) in [6, 6.07) is 0.136. The molecule has 17 heavy (non-hydrogen) atoms. The van der Waals surface area contributed by atoms with E-state index in [4.69, 9.17) is 0 Å². The Bertz CT molecular complexity index is 306. The molecule has 1 amide bonds. The van der Waals surface area contributed by atoms with Crippen LogP contribution in [0.15, 0.2) is 4.99 Å². The van der Waals surface area contributed by atoms with Crippen LogP contribution in [0.2, 0.25) is 0 Å². The van der Waals surface area contributed by atoms with E-state index in [1.54, 1.807) is 16.7 Å². The highest BCUT2D eigenvalue weighted by Gasteiger charge is 2.22. The Morgan fingerprint density at radius 2 is 2.29 bits per heavy atom. The molecule has 0 fully saturated rings. The maximum absolute atomic E-state index is 11.9. The molecule has 0 spiro atoms. The van der Waals surface area contributed by atoms with Gasteiger partial charge in [0.05, 0.1) is 6.04 Å². The van der Waals surface area contributed by atoms with Crippen molar-refractivity contribution in [2.75, 3.05) is 19.3 Å². The summed E-state index contributed by atoms with van der Waals surface area (Å²) >= 11 is 1.71. The van der Waals surface area contributed by atoms with Crippen LogP contribution in [-0.2, 0) is 4.79 Å². The molecule has 3 unspecified atom stereocenters. The number of amides is 1. The first-order chi connectivity index (χ1) is 7.95. The summed E-state index contributed by atoms with van der Waals surface area (Å²) < 4.78 is 0. The Hall–Kier alpha value is -0.710. The van der Waals surface area contributed by atoms with Crippen LogP contribution in [0.4, 0.5) is 0 Å². The fourth-order valence-corrected chi connectivity index (χ4v) is 2.71. The molecule has 4 nitrogen and oxygen atoms in total. The van der Waals surface area contributed by atoms with Gasteiger partial charge in [0.1, 0.15) is 6.04 Å². The van der Waals surface area contributed by atoms with E-state index < -0.39 is 0 Å². The zero-order valence-electron chi connectivity index (χ0n) is 11.4. The highest BCUT2D eigenvalue weighted by atomic mass is 32.2. The summed E-state index contributed by atoms with van der Waals surface area (Å²) in [6.45, 7) is 8.92. The van der Waals surface area contributed by atoms with Gasteiger partial charge < -0.3 is 10.2 Å². The second kappa shape index (κ2) is 6.28. The monoisotopic (exact) mass is 257 g/mol. The van der Waals surface area contributed by atoms with Crippen molar-refractivity contribution in [3.63, 3.8) is 0 Å². The molecule has 5 heteroatoms. The zero-order chi connectivity index (χ0) is 13.0. The fraction of sp³-hybridized carbons (Fsp3) is 0.833. The molecule has 98 valence electrons. The van der Waals surface area contributed by atoms with Gasteiger partial charge >= 0.3 is 0 Å². The molecule has 0 aromatic rings. The number of aliphatic imine (C=N–C) groups is 1. The van der Waals surface area contributed by atoms with Crippen molar-refractivity contribution in [3.8, 4) is 0 Å². The zero-order valence-corrected chi connectivity index (χ0v) is 12.2. The maximum atomic E-state index is 11.9.